The van der Waals surface area contributed by atoms with Crippen molar-refractivity contribution in [2.45, 2.75) is 44.1 Å². The summed E-state index contributed by atoms with van der Waals surface area (Å²) < 4.78 is 16.2. The molecule has 3 aliphatic rings. The van der Waals surface area contributed by atoms with E-state index in [1.807, 2.05) is 65.6 Å². The highest BCUT2D eigenvalue weighted by atomic mass is 16.7. The third kappa shape index (κ3) is 4.41. The molecule has 1 saturated heterocycles. The lowest BCUT2D eigenvalue weighted by molar-refractivity contribution is -0.118. The van der Waals surface area contributed by atoms with E-state index in [9.17, 15) is 9.59 Å². The van der Waals surface area contributed by atoms with Gasteiger partial charge in [-0.2, -0.15) is 0 Å². The van der Waals surface area contributed by atoms with E-state index in [-0.39, 0.29) is 24.6 Å². The zero-order valence-electron chi connectivity index (χ0n) is 21.8. The van der Waals surface area contributed by atoms with Gasteiger partial charge < -0.3 is 24.4 Å². The van der Waals surface area contributed by atoms with Gasteiger partial charge in [0.15, 0.2) is 11.5 Å². The number of benzene rings is 3. The predicted octanol–water partition coefficient (Wildman–Crippen LogP) is 5.31. The predicted molar refractivity (Wildman–Crippen MR) is 145 cm³/mol. The summed E-state index contributed by atoms with van der Waals surface area (Å²) in [5.74, 6) is 1.45. The van der Waals surface area contributed by atoms with E-state index in [2.05, 4.69) is 12.2 Å². The lowest BCUT2D eigenvalue weighted by atomic mass is 9.94. The topological polar surface area (TPSA) is 77.1 Å². The summed E-state index contributed by atoms with van der Waals surface area (Å²) in [6.45, 7) is 3.60. The van der Waals surface area contributed by atoms with Gasteiger partial charge in [-0.15, -0.1) is 0 Å². The van der Waals surface area contributed by atoms with Gasteiger partial charge in [-0.05, 0) is 91.3 Å². The molecule has 0 bridgehead atoms. The summed E-state index contributed by atoms with van der Waals surface area (Å²) in [4.78, 5) is 28.4. The van der Waals surface area contributed by atoms with Crippen LogP contribution in [-0.2, 0) is 14.9 Å². The Morgan fingerprint density at radius 1 is 1.03 bits per heavy atom. The van der Waals surface area contributed by atoms with Crippen molar-refractivity contribution >= 4 is 17.5 Å². The first-order chi connectivity index (χ1) is 18.5. The molecule has 2 fully saturated rings. The molecule has 0 radical (unpaired) electrons. The second-order valence-electron chi connectivity index (χ2n) is 10.5. The van der Waals surface area contributed by atoms with Gasteiger partial charge in [0.25, 0.3) is 5.91 Å². The molecule has 1 saturated carbocycles. The molecule has 3 aromatic carbocycles. The Kier molecular flexibility index (Phi) is 6.32. The molecule has 38 heavy (non-hydrogen) atoms. The van der Waals surface area contributed by atoms with Crippen LogP contribution >= 0.6 is 0 Å². The molecule has 2 amide bonds. The lowest BCUT2D eigenvalue weighted by Crippen LogP contribution is -2.38. The van der Waals surface area contributed by atoms with Crippen LogP contribution in [0.1, 0.15) is 47.2 Å². The van der Waals surface area contributed by atoms with Crippen LogP contribution in [0.15, 0.2) is 60.7 Å². The molecular weight excluding hydrogens is 480 g/mol. The van der Waals surface area contributed by atoms with Crippen molar-refractivity contribution < 1.29 is 23.8 Å². The maximum Gasteiger partial charge on any atom is 0.254 e. The zero-order chi connectivity index (χ0) is 26.3. The van der Waals surface area contributed by atoms with Gasteiger partial charge >= 0.3 is 0 Å². The monoisotopic (exact) mass is 512 g/mol. The van der Waals surface area contributed by atoms with Crippen molar-refractivity contribution in [1.29, 1.82) is 0 Å². The molecule has 1 aliphatic carbocycles. The van der Waals surface area contributed by atoms with Crippen LogP contribution in [0.5, 0.6) is 11.5 Å². The van der Waals surface area contributed by atoms with E-state index in [0.717, 1.165) is 65.9 Å². The smallest absolute Gasteiger partial charge is 0.254 e. The minimum atomic E-state index is -0.537. The third-order valence-corrected chi connectivity index (χ3v) is 8.05. The molecule has 6 rings (SSSR count). The fourth-order valence-corrected chi connectivity index (χ4v) is 5.65. The Morgan fingerprint density at radius 3 is 2.58 bits per heavy atom. The fraction of sp³-hybridized carbons (Fsp3) is 0.355. The van der Waals surface area contributed by atoms with E-state index in [1.54, 1.807) is 7.11 Å². The summed E-state index contributed by atoms with van der Waals surface area (Å²) in [6, 6.07) is 19.6. The number of hydrogen-bond donors (Lipinski definition) is 1. The Morgan fingerprint density at radius 2 is 1.82 bits per heavy atom. The molecule has 2 aliphatic heterocycles. The van der Waals surface area contributed by atoms with Crippen molar-refractivity contribution in [3.05, 3.63) is 77.4 Å². The molecule has 1 atom stereocenters. The number of ether oxygens (including phenoxy) is 3. The van der Waals surface area contributed by atoms with Crippen molar-refractivity contribution in [3.8, 4) is 22.6 Å². The number of hydrogen-bond acceptors (Lipinski definition) is 5. The highest BCUT2D eigenvalue weighted by molar-refractivity contribution is 6.02. The molecule has 3 aromatic rings. The Balaban J connectivity index is 1.19. The number of nitrogens with zero attached hydrogens (tertiary/aromatic N) is 1. The summed E-state index contributed by atoms with van der Waals surface area (Å²) in [5, 5.41) is 3.15. The minimum Gasteiger partial charge on any atom is -0.454 e. The summed E-state index contributed by atoms with van der Waals surface area (Å²) in [6.07, 6.45) is 3.58. The number of amides is 2. The van der Waals surface area contributed by atoms with Gasteiger partial charge in [0, 0.05) is 24.9 Å². The normalized spacial score (nSPS) is 18.9. The van der Waals surface area contributed by atoms with E-state index in [4.69, 9.17) is 14.2 Å². The van der Waals surface area contributed by atoms with Crippen LogP contribution in [0.2, 0.25) is 0 Å². The zero-order valence-corrected chi connectivity index (χ0v) is 21.8. The number of rotatable bonds is 7. The molecule has 0 aromatic heterocycles. The second kappa shape index (κ2) is 9.80. The Hall–Kier alpha value is -3.84. The second-order valence-corrected chi connectivity index (χ2v) is 10.5. The minimum absolute atomic E-state index is 0.0108. The molecule has 7 nitrogen and oxygen atoms in total. The van der Waals surface area contributed by atoms with E-state index < -0.39 is 5.41 Å². The number of methoxy groups -OCH3 is 1. The average molecular weight is 513 g/mol. The van der Waals surface area contributed by atoms with E-state index in [0.29, 0.717) is 17.9 Å². The molecular formula is C31H32N2O5. The number of likely N-dealkylation sites (tertiary alicyclic amines) is 1. The molecule has 0 spiro atoms. The average Bonchev–Trinajstić information content (AvgIpc) is 3.39. The fourth-order valence-electron chi connectivity index (χ4n) is 5.65. The van der Waals surface area contributed by atoms with Gasteiger partial charge in [-0.3, -0.25) is 9.59 Å². The van der Waals surface area contributed by atoms with Gasteiger partial charge in [-0.25, -0.2) is 0 Å². The Labute approximate surface area is 222 Å². The molecule has 2 heterocycles. The van der Waals surface area contributed by atoms with Crippen LogP contribution in [0.25, 0.3) is 11.1 Å². The summed E-state index contributed by atoms with van der Waals surface area (Å²) >= 11 is 0. The van der Waals surface area contributed by atoms with Crippen molar-refractivity contribution in [1.82, 2.24) is 4.90 Å². The number of nitrogens with one attached hydrogen (secondary N) is 1. The first kappa shape index (κ1) is 24.5. The number of fused-ring (bicyclic) bond motifs is 1. The standard InChI is InChI=1S/C31H32N2O5/c1-20-5-11-24(32-30(35)31(13-14-31)23-10-12-27-28(16-23)38-19-37-27)17-26(20)21-6-8-22(9-7-21)29(34)33-15-3-4-25(33)18-36-2/h5-12,16-17,25H,3-4,13-15,18-19H2,1-2H3,(H,32,35)/t25-/m0/s1. The van der Waals surface area contributed by atoms with Gasteiger partial charge in [0.05, 0.1) is 18.1 Å². The molecule has 1 N–H and O–H groups in total. The molecule has 7 heteroatoms. The third-order valence-electron chi connectivity index (χ3n) is 8.05. The van der Waals surface area contributed by atoms with Crippen LogP contribution in [0.3, 0.4) is 0 Å². The van der Waals surface area contributed by atoms with Crippen molar-refractivity contribution in [2.75, 3.05) is 32.4 Å². The highest BCUT2D eigenvalue weighted by Gasteiger charge is 2.51. The van der Waals surface area contributed by atoms with Crippen molar-refractivity contribution in [3.63, 3.8) is 0 Å². The number of aryl methyl sites for hydroxylation is 1. The highest BCUT2D eigenvalue weighted by Crippen LogP contribution is 2.51. The number of carbonyl (C=O) groups is 2. The Bertz CT molecular complexity index is 1380. The van der Waals surface area contributed by atoms with Gasteiger partial charge in [-0.1, -0.05) is 24.3 Å². The van der Waals surface area contributed by atoms with E-state index >= 15 is 0 Å². The number of anilines is 1. The van der Waals surface area contributed by atoms with Gasteiger partial charge in [0.1, 0.15) is 0 Å². The summed E-state index contributed by atoms with van der Waals surface area (Å²) in [5.41, 5.74) is 4.97. The number of carbonyl (C=O) groups excluding carboxylic acids is 2. The lowest BCUT2D eigenvalue weighted by Gasteiger charge is -2.24. The molecule has 196 valence electrons. The molecule has 0 unspecified atom stereocenters. The SMILES string of the molecule is COC[C@@H]1CCCN1C(=O)c1ccc(-c2cc(NC(=O)C3(c4ccc5c(c4)OCO5)CC3)ccc2C)cc1. The summed E-state index contributed by atoms with van der Waals surface area (Å²) in [7, 11) is 1.68. The maximum absolute atomic E-state index is 13.4. The first-order valence-corrected chi connectivity index (χ1v) is 13.2. The quantitative estimate of drug-likeness (QED) is 0.464. The largest absolute Gasteiger partial charge is 0.454 e. The van der Waals surface area contributed by atoms with E-state index in [1.165, 1.54) is 0 Å². The van der Waals surface area contributed by atoms with Crippen LogP contribution in [0, 0.1) is 6.92 Å². The van der Waals surface area contributed by atoms with Crippen LogP contribution < -0.4 is 14.8 Å². The maximum atomic E-state index is 13.4. The first-order valence-electron chi connectivity index (χ1n) is 13.2. The van der Waals surface area contributed by atoms with Gasteiger partial charge in [0.2, 0.25) is 12.7 Å². The van der Waals surface area contributed by atoms with Crippen molar-refractivity contribution in [2.24, 2.45) is 0 Å². The van der Waals surface area contributed by atoms with Crippen LogP contribution in [-0.4, -0.2) is 49.8 Å². The van der Waals surface area contributed by atoms with Crippen LogP contribution in [0.4, 0.5) is 5.69 Å².